The van der Waals surface area contributed by atoms with Crippen LogP contribution in [0.1, 0.15) is 43.6 Å². The highest BCUT2D eigenvalue weighted by atomic mass is 35.5. The maximum absolute atomic E-state index is 14.1. The monoisotopic (exact) mass is 466 g/mol. The fraction of sp³-hybridized carbons (Fsp3) is 0.160. The van der Waals surface area contributed by atoms with Gasteiger partial charge in [0.25, 0.3) is 17.7 Å². The van der Waals surface area contributed by atoms with E-state index in [0.717, 1.165) is 4.90 Å². The van der Waals surface area contributed by atoms with Crippen molar-refractivity contribution in [2.45, 2.75) is 13.5 Å². The average molecular weight is 467 g/mol. The standard InChI is InChI=1S/C25H20ClFN2O4/c1-3-33-17-10-8-16(9-11-17)29-24(31)18-12-7-15(13-19(18)25(29)32)23(30)28(2)14-20-21(26)5-4-6-22(20)27/h4-13H,3,14H2,1-2H3. The van der Waals surface area contributed by atoms with Crippen molar-refractivity contribution in [1.29, 1.82) is 0 Å². The Bertz CT molecular complexity index is 1240. The lowest BCUT2D eigenvalue weighted by molar-refractivity contribution is 0.0783. The number of amides is 3. The third kappa shape index (κ3) is 4.19. The number of ether oxygens (including phenoxy) is 1. The van der Waals surface area contributed by atoms with Gasteiger partial charge in [0.05, 0.1) is 23.4 Å². The molecule has 0 spiro atoms. The first-order chi connectivity index (χ1) is 15.8. The Morgan fingerprint density at radius 1 is 1.03 bits per heavy atom. The van der Waals surface area contributed by atoms with Crippen LogP contribution in [0.3, 0.4) is 0 Å². The van der Waals surface area contributed by atoms with E-state index in [2.05, 4.69) is 0 Å². The van der Waals surface area contributed by atoms with Crippen LogP contribution in [0.15, 0.2) is 60.7 Å². The average Bonchev–Trinajstić information content (AvgIpc) is 3.06. The van der Waals surface area contributed by atoms with Gasteiger partial charge in [0, 0.05) is 29.7 Å². The molecular formula is C25H20ClFN2O4. The van der Waals surface area contributed by atoms with Gasteiger partial charge < -0.3 is 9.64 Å². The molecule has 0 saturated carbocycles. The van der Waals surface area contributed by atoms with Crippen LogP contribution >= 0.6 is 11.6 Å². The zero-order chi connectivity index (χ0) is 23.7. The fourth-order valence-electron chi connectivity index (χ4n) is 3.68. The molecule has 0 aliphatic carbocycles. The number of carbonyl (C=O) groups is 3. The Hall–Kier alpha value is -3.71. The van der Waals surface area contributed by atoms with Crippen molar-refractivity contribution < 1.29 is 23.5 Å². The molecule has 0 bridgehead atoms. The van der Waals surface area contributed by atoms with E-state index in [1.807, 2.05) is 6.92 Å². The van der Waals surface area contributed by atoms with Gasteiger partial charge in [-0.25, -0.2) is 9.29 Å². The first-order valence-corrected chi connectivity index (χ1v) is 10.6. The molecule has 0 unspecified atom stereocenters. The van der Waals surface area contributed by atoms with Gasteiger partial charge in [-0.3, -0.25) is 14.4 Å². The van der Waals surface area contributed by atoms with Crippen LogP contribution in [-0.4, -0.2) is 36.3 Å². The molecule has 0 fully saturated rings. The van der Waals surface area contributed by atoms with E-state index < -0.39 is 23.5 Å². The molecule has 6 nitrogen and oxygen atoms in total. The minimum absolute atomic E-state index is 0.0490. The van der Waals surface area contributed by atoms with Gasteiger partial charge in [0.1, 0.15) is 11.6 Å². The molecule has 168 valence electrons. The van der Waals surface area contributed by atoms with Crippen molar-refractivity contribution in [2.75, 3.05) is 18.6 Å². The summed E-state index contributed by atoms with van der Waals surface area (Å²) in [5.74, 6) is -1.30. The number of halogens is 2. The number of rotatable bonds is 6. The summed E-state index contributed by atoms with van der Waals surface area (Å²) in [6.07, 6.45) is 0. The molecule has 1 aliphatic heterocycles. The van der Waals surface area contributed by atoms with Crippen molar-refractivity contribution in [3.05, 3.63) is 93.8 Å². The SMILES string of the molecule is CCOc1ccc(N2C(=O)c3ccc(C(=O)N(C)Cc4c(F)cccc4Cl)cc3C2=O)cc1. The molecule has 0 aromatic heterocycles. The second-order valence-corrected chi connectivity index (χ2v) is 7.90. The Morgan fingerprint density at radius 2 is 1.73 bits per heavy atom. The number of fused-ring (bicyclic) bond motifs is 1. The van der Waals surface area contributed by atoms with Crippen molar-refractivity contribution in [3.8, 4) is 5.75 Å². The minimum Gasteiger partial charge on any atom is -0.494 e. The number of carbonyl (C=O) groups excluding carboxylic acids is 3. The first-order valence-electron chi connectivity index (χ1n) is 10.3. The highest BCUT2D eigenvalue weighted by molar-refractivity contribution is 6.34. The topological polar surface area (TPSA) is 66.9 Å². The summed E-state index contributed by atoms with van der Waals surface area (Å²) in [4.78, 5) is 41.2. The fourth-order valence-corrected chi connectivity index (χ4v) is 3.90. The third-order valence-electron chi connectivity index (χ3n) is 5.34. The molecule has 0 N–H and O–H groups in total. The molecular weight excluding hydrogens is 447 g/mol. The highest BCUT2D eigenvalue weighted by Crippen LogP contribution is 2.30. The summed E-state index contributed by atoms with van der Waals surface area (Å²) in [5, 5.41) is 0.218. The van der Waals surface area contributed by atoms with Gasteiger partial charge >= 0.3 is 0 Å². The second-order valence-electron chi connectivity index (χ2n) is 7.49. The zero-order valence-corrected chi connectivity index (χ0v) is 18.7. The van der Waals surface area contributed by atoms with Gasteiger partial charge in [-0.15, -0.1) is 0 Å². The van der Waals surface area contributed by atoms with E-state index in [4.69, 9.17) is 16.3 Å². The molecule has 8 heteroatoms. The van der Waals surface area contributed by atoms with E-state index in [9.17, 15) is 18.8 Å². The van der Waals surface area contributed by atoms with Crippen LogP contribution in [0.25, 0.3) is 0 Å². The number of imide groups is 1. The van der Waals surface area contributed by atoms with Gasteiger partial charge in [-0.05, 0) is 61.5 Å². The lowest BCUT2D eigenvalue weighted by Crippen LogP contribution is -2.29. The maximum atomic E-state index is 14.1. The summed E-state index contributed by atoms with van der Waals surface area (Å²) in [7, 11) is 1.51. The van der Waals surface area contributed by atoms with E-state index in [1.54, 1.807) is 30.3 Å². The Kier molecular flexibility index (Phi) is 6.16. The molecule has 4 rings (SSSR count). The summed E-state index contributed by atoms with van der Waals surface area (Å²) >= 11 is 6.06. The molecule has 0 saturated heterocycles. The Labute approximate surface area is 195 Å². The number of nitrogens with zero attached hydrogens (tertiary/aromatic N) is 2. The predicted molar refractivity (Wildman–Crippen MR) is 122 cm³/mol. The van der Waals surface area contributed by atoms with Crippen LogP contribution in [0.2, 0.25) is 5.02 Å². The van der Waals surface area contributed by atoms with Crippen molar-refractivity contribution in [2.24, 2.45) is 0 Å². The Morgan fingerprint density at radius 3 is 2.39 bits per heavy atom. The van der Waals surface area contributed by atoms with Crippen molar-refractivity contribution >= 4 is 35.0 Å². The van der Waals surface area contributed by atoms with E-state index >= 15 is 0 Å². The molecule has 1 heterocycles. The lowest BCUT2D eigenvalue weighted by Gasteiger charge is -2.18. The van der Waals surface area contributed by atoms with Crippen LogP contribution in [0.5, 0.6) is 5.75 Å². The van der Waals surface area contributed by atoms with E-state index in [1.165, 1.54) is 42.3 Å². The molecule has 33 heavy (non-hydrogen) atoms. The maximum Gasteiger partial charge on any atom is 0.266 e. The highest BCUT2D eigenvalue weighted by Gasteiger charge is 2.37. The van der Waals surface area contributed by atoms with Crippen molar-refractivity contribution in [1.82, 2.24) is 4.90 Å². The van der Waals surface area contributed by atoms with Gasteiger partial charge in [0.2, 0.25) is 0 Å². The summed E-state index contributed by atoms with van der Waals surface area (Å²) in [5.41, 5.74) is 1.16. The smallest absolute Gasteiger partial charge is 0.266 e. The molecule has 1 aliphatic rings. The number of hydrogen-bond donors (Lipinski definition) is 0. The molecule has 0 radical (unpaired) electrons. The second kappa shape index (κ2) is 9.03. The van der Waals surface area contributed by atoms with Gasteiger partial charge in [-0.2, -0.15) is 0 Å². The van der Waals surface area contributed by atoms with Crippen LogP contribution < -0.4 is 9.64 Å². The van der Waals surface area contributed by atoms with E-state index in [0.29, 0.717) is 18.0 Å². The first kappa shape index (κ1) is 22.5. The number of anilines is 1. The summed E-state index contributed by atoms with van der Waals surface area (Å²) in [6, 6.07) is 15.3. The van der Waals surface area contributed by atoms with Gasteiger partial charge in [0.15, 0.2) is 0 Å². The van der Waals surface area contributed by atoms with Crippen LogP contribution in [0.4, 0.5) is 10.1 Å². The summed E-state index contributed by atoms with van der Waals surface area (Å²) < 4.78 is 19.5. The largest absolute Gasteiger partial charge is 0.494 e. The molecule has 3 aromatic rings. The Balaban J connectivity index is 1.58. The summed E-state index contributed by atoms with van der Waals surface area (Å²) in [6.45, 7) is 2.31. The zero-order valence-electron chi connectivity index (χ0n) is 18.0. The number of benzene rings is 3. The minimum atomic E-state index is -0.520. The van der Waals surface area contributed by atoms with Crippen LogP contribution in [0, 0.1) is 5.82 Å². The normalized spacial score (nSPS) is 12.7. The van der Waals surface area contributed by atoms with E-state index in [-0.39, 0.29) is 33.8 Å². The molecule has 0 atom stereocenters. The van der Waals surface area contributed by atoms with Crippen LogP contribution in [-0.2, 0) is 6.54 Å². The third-order valence-corrected chi connectivity index (χ3v) is 5.70. The number of hydrogen-bond acceptors (Lipinski definition) is 4. The van der Waals surface area contributed by atoms with Gasteiger partial charge in [-0.1, -0.05) is 17.7 Å². The quantitative estimate of drug-likeness (QED) is 0.482. The predicted octanol–water partition coefficient (Wildman–Crippen LogP) is 4.95. The molecule has 3 aromatic carbocycles. The molecule has 3 amide bonds. The van der Waals surface area contributed by atoms with Crippen molar-refractivity contribution in [3.63, 3.8) is 0 Å². The lowest BCUT2D eigenvalue weighted by atomic mass is 10.0.